The number of phosphoric acid groups is 3. The summed E-state index contributed by atoms with van der Waals surface area (Å²) in [5, 5.41) is 0. The third kappa shape index (κ3) is 515. The van der Waals surface area contributed by atoms with E-state index in [0.29, 0.717) is 0 Å². The van der Waals surface area contributed by atoms with Crippen LogP contribution in [0.1, 0.15) is 0 Å². The molecule has 0 aliphatic rings. The molecule has 0 fully saturated rings. The summed E-state index contributed by atoms with van der Waals surface area (Å²) in [6.45, 7) is 0. The fraction of sp³-hybridized carbons (Fsp3) is 0. The predicted molar refractivity (Wildman–Crippen MR) is 29.5 cm³/mol. The van der Waals surface area contributed by atoms with Crippen LogP contribution in [-0.2, 0) is 13.7 Å². The third-order valence-electron chi connectivity index (χ3n) is 0. The van der Waals surface area contributed by atoms with E-state index >= 15 is 0 Å². The summed E-state index contributed by atoms with van der Waals surface area (Å²) in [4.78, 5) is 72.9. The largest absolute Gasteiger partial charge is 3.00 e. The zero-order valence-corrected chi connectivity index (χ0v) is 13.0. The zero-order chi connectivity index (χ0) is 13.5. The Bertz CT molecular complexity index is 206. The van der Waals surface area contributed by atoms with Gasteiger partial charge in [0, 0.05) is 0 Å². The first-order valence-corrected chi connectivity index (χ1v) is 6.73. The van der Waals surface area contributed by atoms with Crippen molar-refractivity contribution in [2.24, 2.45) is 0 Å². The van der Waals surface area contributed by atoms with E-state index in [2.05, 4.69) is 0 Å². The van der Waals surface area contributed by atoms with Crippen molar-refractivity contribution >= 4 is 23.5 Å². The molecule has 0 aromatic rings. The van der Waals surface area contributed by atoms with Crippen molar-refractivity contribution in [2.45, 2.75) is 0 Å². The maximum atomic E-state index is 8.66. The molecule has 0 aliphatic carbocycles. The molecule has 0 aromatic heterocycles. The normalized spacial score (nSPS) is 10.4. The molecule has 0 bridgehead atoms. The van der Waals surface area contributed by atoms with Crippen LogP contribution >= 0.6 is 23.5 Å². The smallest absolute Gasteiger partial charge is 0.790 e. The van der Waals surface area contributed by atoms with Crippen LogP contribution in [0.5, 0.6) is 0 Å². The minimum Gasteiger partial charge on any atom is -0.790 e. The monoisotopic (exact) mass is 636 g/mol. The fourth-order valence-electron chi connectivity index (χ4n) is 0. The van der Waals surface area contributed by atoms with Crippen molar-refractivity contribution in [1.82, 2.24) is 0 Å². The Kier molecular flexibility index (Phi) is 27.2. The van der Waals surface area contributed by atoms with Gasteiger partial charge in [-0.15, -0.1) is 0 Å². The SMILES string of the molecule is O=P([O-])([O-])O.O=P([O-])([O-])O.O=P([O-])([O-])O.[Yb+3].[Yb+3]. The summed E-state index contributed by atoms with van der Waals surface area (Å²) in [6, 6.07) is 0. The molecule has 0 rings (SSSR count). The van der Waals surface area contributed by atoms with Gasteiger partial charge in [-0.1, -0.05) is 0 Å². The second kappa shape index (κ2) is 14.3. The maximum absolute atomic E-state index is 8.66. The molecule has 3 N–H and O–H groups in total. The Morgan fingerprint density at radius 3 is 0.529 bits per heavy atom. The van der Waals surface area contributed by atoms with Gasteiger partial charge in [-0.05, 0) is 0 Å². The molecule has 0 atom stereocenters. The molecule has 0 aliphatic heterocycles. The Balaban J connectivity index is -0.0000000400. The van der Waals surface area contributed by atoms with E-state index in [1.54, 1.807) is 0 Å². The predicted octanol–water partition coefficient (Wildman–Crippen LogP) is -6.58. The zero-order valence-electron chi connectivity index (χ0n) is 6.89. The molecule has 0 saturated carbocycles. The minimum atomic E-state index is -5.14. The molecule has 2 radical (unpaired) electrons. The van der Waals surface area contributed by atoms with Gasteiger partial charge in [-0.25, -0.2) is 0 Å². The standard InChI is InChI=1S/3H3O4P.2Yb/c3*1-5(2,3)4;;/h3*(H3,1,2,3,4);;/q;;;2*+3/p-6. The molecule has 118 valence electrons. The summed E-state index contributed by atoms with van der Waals surface area (Å²) in [5.74, 6) is 0. The van der Waals surface area contributed by atoms with Gasteiger partial charge in [-0.2, -0.15) is 0 Å². The van der Waals surface area contributed by atoms with Gasteiger partial charge in [0.2, 0.25) is 0 Å². The summed E-state index contributed by atoms with van der Waals surface area (Å²) in [7, 11) is -15.4. The van der Waals surface area contributed by atoms with Crippen molar-refractivity contribution in [3.63, 3.8) is 0 Å². The van der Waals surface area contributed by atoms with E-state index in [1.807, 2.05) is 0 Å². The van der Waals surface area contributed by atoms with E-state index in [1.165, 1.54) is 0 Å². The van der Waals surface area contributed by atoms with Gasteiger partial charge in [0.15, 0.2) is 0 Å². The average Bonchev–Trinajstić information content (AvgIpc) is 1.41. The summed E-state index contributed by atoms with van der Waals surface area (Å²) in [6.07, 6.45) is 0. The van der Waals surface area contributed by atoms with Gasteiger partial charge in [0.05, 0.1) is 23.5 Å². The second-order valence-electron chi connectivity index (χ2n) is 1.41. The Morgan fingerprint density at radius 1 is 0.529 bits per heavy atom. The van der Waals surface area contributed by atoms with E-state index in [0.717, 1.165) is 0 Å². The summed E-state index contributed by atoms with van der Waals surface area (Å²) < 4.78 is 26.0. The Morgan fingerprint density at radius 2 is 0.529 bits per heavy atom. The van der Waals surface area contributed by atoms with Crippen LogP contribution in [0.3, 0.4) is 0 Å². The Labute approximate surface area is 172 Å². The molecule has 0 saturated heterocycles. The Hall–Kier alpha value is 3.37. The van der Waals surface area contributed by atoms with Crippen LogP contribution in [-0.4, -0.2) is 14.7 Å². The molecule has 0 heterocycles. The van der Waals surface area contributed by atoms with Gasteiger partial charge >= 0.3 is 93.8 Å². The van der Waals surface area contributed by atoms with Gasteiger partial charge in [-0.3, -0.25) is 0 Å². The van der Waals surface area contributed by atoms with Crippen LogP contribution < -0.4 is 29.4 Å². The van der Waals surface area contributed by atoms with Crippen LogP contribution in [0, 0.1) is 93.8 Å². The van der Waals surface area contributed by atoms with Crippen molar-refractivity contribution < 1.29 is 152 Å². The van der Waals surface area contributed by atoms with Gasteiger partial charge < -0.3 is 57.7 Å². The second-order valence-corrected chi connectivity index (χ2v) is 4.22. The molecule has 0 amide bonds. The number of hydrogen-bond acceptors (Lipinski definition) is 9. The third-order valence-corrected chi connectivity index (χ3v) is 0. The summed E-state index contributed by atoms with van der Waals surface area (Å²) >= 11 is 0. The average molecular weight is 634 g/mol. The van der Waals surface area contributed by atoms with Crippen LogP contribution in [0.15, 0.2) is 0 Å². The van der Waals surface area contributed by atoms with E-state index in [4.69, 9.17) is 57.7 Å². The first kappa shape index (κ1) is 32.4. The van der Waals surface area contributed by atoms with Crippen molar-refractivity contribution in [2.75, 3.05) is 0 Å². The van der Waals surface area contributed by atoms with Crippen molar-refractivity contribution in [3.05, 3.63) is 0 Å². The van der Waals surface area contributed by atoms with Crippen LogP contribution in [0.4, 0.5) is 0 Å². The first-order chi connectivity index (χ1) is 6.00. The maximum Gasteiger partial charge on any atom is 3.00 e. The van der Waals surface area contributed by atoms with Crippen molar-refractivity contribution in [1.29, 1.82) is 0 Å². The molecule has 17 heteroatoms. The van der Waals surface area contributed by atoms with E-state index in [9.17, 15) is 0 Å². The van der Waals surface area contributed by atoms with Crippen LogP contribution in [0.25, 0.3) is 0 Å². The molecule has 12 nitrogen and oxygen atoms in total. The topological polar surface area (TPSA) is 250 Å². The molecule has 0 unspecified atom stereocenters. The quantitative estimate of drug-likeness (QED) is 0.211. The molecular formula is H3O12P3Yb2. The molecule has 0 spiro atoms. The summed E-state index contributed by atoms with van der Waals surface area (Å²) in [5.41, 5.74) is 0. The number of hydrogen-bond donors (Lipinski definition) is 3. The first-order valence-electron chi connectivity index (χ1n) is 2.24. The van der Waals surface area contributed by atoms with Gasteiger partial charge in [0.25, 0.3) is 0 Å². The molecule has 17 heavy (non-hydrogen) atoms. The van der Waals surface area contributed by atoms with E-state index < -0.39 is 23.5 Å². The van der Waals surface area contributed by atoms with Gasteiger partial charge in [0.1, 0.15) is 0 Å². The van der Waals surface area contributed by atoms with Crippen molar-refractivity contribution in [3.8, 4) is 0 Å². The molecule has 0 aromatic carbocycles. The fourth-order valence-corrected chi connectivity index (χ4v) is 0. The number of rotatable bonds is 0. The van der Waals surface area contributed by atoms with E-state index in [-0.39, 0.29) is 93.8 Å². The molecular weight excluding hydrogens is 631 g/mol. The minimum absolute atomic E-state index is 0. The van der Waals surface area contributed by atoms with Crippen LogP contribution in [0.2, 0.25) is 0 Å².